The number of benzene rings is 2. The summed E-state index contributed by atoms with van der Waals surface area (Å²) in [6, 6.07) is 14.3. The summed E-state index contributed by atoms with van der Waals surface area (Å²) in [6.07, 6.45) is 0.291. The lowest BCUT2D eigenvalue weighted by Crippen LogP contribution is -2.38. The first kappa shape index (κ1) is 20.0. The second-order valence-corrected chi connectivity index (χ2v) is 7.27. The quantitative estimate of drug-likeness (QED) is 0.717. The van der Waals surface area contributed by atoms with E-state index in [-0.39, 0.29) is 11.9 Å². The molecule has 0 saturated heterocycles. The number of amides is 1. The van der Waals surface area contributed by atoms with Crippen molar-refractivity contribution in [3.8, 4) is 5.75 Å². The molecule has 2 aromatic rings. The van der Waals surface area contributed by atoms with E-state index in [0.29, 0.717) is 5.92 Å². The van der Waals surface area contributed by atoms with Gasteiger partial charge in [-0.1, -0.05) is 57.2 Å². The number of carbonyl (C=O) groups is 1. The van der Waals surface area contributed by atoms with Gasteiger partial charge < -0.3 is 10.1 Å². The number of ether oxygens (including phenoxy) is 1. The summed E-state index contributed by atoms with van der Waals surface area (Å²) in [6.45, 7) is 12.3. The summed E-state index contributed by atoms with van der Waals surface area (Å²) in [5.41, 5.74) is 4.76. The van der Waals surface area contributed by atoms with E-state index >= 15 is 0 Å². The van der Waals surface area contributed by atoms with Gasteiger partial charge in [0.2, 0.25) is 0 Å². The van der Waals surface area contributed by atoms with Crippen LogP contribution in [0.3, 0.4) is 0 Å². The second-order valence-electron chi connectivity index (χ2n) is 7.27. The minimum absolute atomic E-state index is 0.00630. The topological polar surface area (TPSA) is 38.3 Å². The fourth-order valence-electron chi connectivity index (χ4n) is 3.00. The lowest BCUT2D eigenvalue weighted by atomic mass is 9.99. The molecular formula is C23H31NO2. The molecule has 2 atom stereocenters. The van der Waals surface area contributed by atoms with Gasteiger partial charge in [0, 0.05) is 0 Å². The molecule has 0 aliphatic rings. The van der Waals surface area contributed by atoms with Gasteiger partial charge in [-0.3, -0.25) is 4.79 Å². The number of para-hydroxylation sites is 1. The molecule has 0 aliphatic heterocycles. The van der Waals surface area contributed by atoms with Crippen molar-refractivity contribution in [3.63, 3.8) is 0 Å². The van der Waals surface area contributed by atoms with E-state index < -0.39 is 6.10 Å². The van der Waals surface area contributed by atoms with Gasteiger partial charge in [-0.25, -0.2) is 0 Å². The Morgan fingerprint density at radius 2 is 1.73 bits per heavy atom. The third kappa shape index (κ3) is 4.87. The lowest BCUT2D eigenvalue weighted by Gasteiger charge is -2.23. The summed E-state index contributed by atoms with van der Waals surface area (Å²) >= 11 is 0. The van der Waals surface area contributed by atoms with Crippen molar-refractivity contribution in [2.24, 2.45) is 0 Å². The highest BCUT2D eigenvalue weighted by molar-refractivity contribution is 5.81. The van der Waals surface area contributed by atoms with Crippen molar-refractivity contribution < 1.29 is 9.53 Å². The predicted octanol–water partition coefficient (Wildman–Crippen LogP) is 5.46. The SMILES string of the molecule is CC[C@@H](NC(=O)[C@@H](C)Oc1ccccc1C(C)C)c1ccc(C)c(C)c1. The summed E-state index contributed by atoms with van der Waals surface area (Å²) in [7, 11) is 0. The molecule has 0 spiro atoms. The Kier molecular flexibility index (Phi) is 6.84. The molecule has 1 N–H and O–H groups in total. The lowest BCUT2D eigenvalue weighted by molar-refractivity contribution is -0.128. The second kappa shape index (κ2) is 8.88. The molecule has 0 aliphatic carbocycles. The van der Waals surface area contributed by atoms with Gasteiger partial charge in [-0.05, 0) is 61.4 Å². The van der Waals surface area contributed by atoms with Crippen LogP contribution in [0.4, 0.5) is 0 Å². The Morgan fingerprint density at radius 3 is 2.35 bits per heavy atom. The van der Waals surface area contributed by atoms with Gasteiger partial charge in [-0.2, -0.15) is 0 Å². The van der Waals surface area contributed by atoms with Crippen LogP contribution < -0.4 is 10.1 Å². The van der Waals surface area contributed by atoms with Crippen LogP contribution in [0.5, 0.6) is 5.75 Å². The molecule has 3 nitrogen and oxygen atoms in total. The largest absolute Gasteiger partial charge is 0.481 e. The van der Waals surface area contributed by atoms with Crippen molar-refractivity contribution in [1.29, 1.82) is 0 Å². The molecule has 2 aromatic carbocycles. The van der Waals surface area contributed by atoms with Crippen molar-refractivity contribution in [2.75, 3.05) is 0 Å². The fraction of sp³-hybridized carbons (Fsp3) is 0.435. The molecule has 0 radical (unpaired) electrons. The molecule has 26 heavy (non-hydrogen) atoms. The average Bonchev–Trinajstić information content (AvgIpc) is 2.62. The molecule has 0 saturated carbocycles. The van der Waals surface area contributed by atoms with E-state index in [2.05, 4.69) is 64.2 Å². The third-order valence-electron chi connectivity index (χ3n) is 4.87. The van der Waals surface area contributed by atoms with E-state index in [1.165, 1.54) is 11.1 Å². The maximum Gasteiger partial charge on any atom is 0.261 e. The van der Waals surface area contributed by atoms with Gasteiger partial charge in [0.05, 0.1) is 6.04 Å². The fourth-order valence-corrected chi connectivity index (χ4v) is 3.00. The Bertz CT molecular complexity index is 752. The van der Waals surface area contributed by atoms with Gasteiger partial charge in [0.25, 0.3) is 5.91 Å². The number of hydrogen-bond acceptors (Lipinski definition) is 2. The minimum atomic E-state index is -0.546. The Labute approximate surface area is 157 Å². The van der Waals surface area contributed by atoms with E-state index in [1.807, 2.05) is 18.2 Å². The van der Waals surface area contributed by atoms with Crippen LogP contribution in [0.2, 0.25) is 0 Å². The molecule has 3 heteroatoms. The smallest absolute Gasteiger partial charge is 0.261 e. The van der Waals surface area contributed by atoms with Crippen molar-refractivity contribution in [2.45, 2.75) is 66.0 Å². The van der Waals surface area contributed by atoms with E-state index in [1.54, 1.807) is 6.92 Å². The molecule has 140 valence electrons. The van der Waals surface area contributed by atoms with E-state index in [9.17, 15) is 4.79 Å². The molecule has 0 aromatic heterocycles. The predicted molar refractivity (Wildman–Crippen MR) is 108 cm³/mol. The van der Waals surface area contributed by atoms with Crippen LogP contribution in [0.25, 0.3) is 0 Å². The van der Waals surface area contributed by atoms with Crippen LogP contribution in [0.15, 0.2) is 42.5 Å². The van der Waals surface area contributed by atoms with Gasteiger partial charge in [-0.15, -0.1) is 0 Å². The Morgan fingerprint density at radius 1 is 1.04 bits per heavy atom. The molecule has 0 heterocycles. The standard InChI is InChI=1S/C23H31NO2/c1-7-21(19-13-12-16(4)17(5)14-19)24-23(25)18(6)26-22-11-9-8-10-20(22)15(2)3/h8-15,18,21H,7H2,1-6H3,(H,24,25)/t18-,21-/m1/s1. The first-order chi connectivity index (χ1) is 12.3. The monoisotopic (exact) mass is 353 g/mol. The van der Waals surface area contributed by atoms with Gasteiger partial charge in [0.1, 0.15) is 5.75 Å². The average molecular weight is 354 g/mol. The first-order valence-corrected chi connectivity index (χ1v) is 9.46. The number of carbonyl (C=O) groups excluding carboxylic acids is 1. The van der Waals surface area contributed by atoms with Crippen LogP contribution in [0, 0.1) is 13.8 Å². The van der Waals surface area contributed by atoms with Gasteiger partial charge in [0.15, 0.2) is 6.10 Å². The van der Waals surface area contributed by atoms with E-state index in [0.717, 1.165) is 23.3 Å². The molecule has 0 bridgehead atoms. The van der Waals surface area contributed by atoms with Crippen LogP contribution in [-0.2, 0) is 4.79 Å². The molecule has 0 fully saturated rings. The molecule has 2 rings (SSSR count). The zero-order chi connectivity index (χ0) is 19.3. The van der Waals surface area contributed by atoms with Gasteiger partial charge >= 0.3 is 0 Å². The van der Waals surface area contributed by atoms with Crippen LogP contribution in [-0.4, -0.2) is 12.0 Å². The van der Waals surface area contributed by atoms with Crippen molar-refractivity contribution >= 4 is 5.91 Å². The van der Waals surface area contributed by atoms with Crippen molar-refractivity contribution in [3.05, 3.63) is 64.7 Å². The number of rotatable bonds is 7. The summed E-state index contributed by atoms with van der Waals surface area (Å²) in [4.78, 5) is 12.7. The minimum Gasteiger partial charge on any atom is -0.481 e. The zero-order valence-corrected chi connectivity index (χ0v) is 16.8. The number of nitrogens with one attached hydrogen (secondary N) is 1. The number of hydrogen-bond donors (Lipinski definition) is 1. The first-order valence-electron chi connectivity index (χ1n) is 9.46. The molecular weight excluding hydrogens is 322 g/mol. The normalized spacial score (nSPS) is 13.3. The Balaban J connectivity index is 2.09. The highest BCUT2D eigenvalue weighted by atomic mass is 16.5. The van der Waals surface area contributed by atoms with Crippen LogP contribution >= 0.6 is 0 Å². The molecule has 0 unspecified atom stereocenters. The third-order valence-corrected chi connectivity index (χ3v) is 4.87. The maximum absolute atomic E-state index is 12.7. The van der Waals surface area contributed by atoms with E-state index in [4.69, 9.17) is 4.74 Å². The van der Waals surface area contributed by atoms with Crippen molar-refractivity contribution in [1.82, 2.24) is 5.32 Å². The maximum atomic E-state index is 12.7. The highest BCUT2D eigenvalue weighted by Crippen LogP contribution is 2.27. The van der Waals surface area contributed by atoms with Crippen LogP contribution in [0.1, 0.15) is 68.3 Å². The number of aryl methyl sites for hydroxylation is 2. The Hall–Kier alpha value is -2.29. The highest BCUT2D eigenvalue weighted by Gasteiger charge is 2.21. The summed E-state index contributed by atoms with van der Waals surface area (Å²) in [5.74, 6) is 1.04. The molecule has 1 amide bonds. The zero-order valence-electron chi connectivity index (χ0n) is 16.8. The summed E-state index contributed by atoms with van der Waals surface area (Å²) < 4.78 is 5.98. The summed E-state index contributed by atoms with van der Waals surface area (Å²) in [5, 5.41) is 3.13.